The smallest absolute Gasteiger partial charge is 0.397 e. The molecule has 1 fully saturated rings. The van der Waals surface area contributed by atoms with Gasteiger partial charge in [-0.25, -0.2) is 8.98 Å². The summed E-state index contributed by atoms with van der Waals surface area (Å²) in [6, 6.07) is -1.64. The zero-order valence-corrected chi connectivity index (χ0v) is 13.8. The van der Waals surface area contributed by atoms with Crippen molar-refractivity contribution in [3.63, 3.8) is 0 Å². The number of ether oxygens (including phenoxy) is 1. The summed E-state index contributed by atoms with van der Waals surface area (Å²) in [5, 5.41) is 59.0. The van der Waals surface area contributed by atoms with E-state index in [2.05, 4.69) is 4.18 Å². The summed E-state index contributed by atoms with van der Waals surface area (Å²) < 4.78 is 39.0. The third-order valence-corrected chi connectivity index (χ3v) is 4.02. The Kier molecular flexibility index (Phi) is 7.40. The van der Waals surface area contributed by atoms with E-state index in [0.29, 0.717) is 0 Å². The molecular formula is C11H19NO13S. The molecule has 0 aromatic rings. The van der Waals surface area contributed by atoms with Crippen LogP contribution in [-0.2, 0) is 28.9 Å². The van der Waals surface area contributed by atoms with Gasteiger partial charge in [-0.2, -0.15) is 8.42 Å². The third-order valence-electron chi connectivity index (χ3n) is 3.53. The van der Waals surface area contributed by atoms with Crippen molar-refractivity contribution in [2.75, 3.05) is 13.2 Å². The number of hydrogen-bond acceptors (Lipinski definition) is 11. The van der Waals surface area contributed by atoms with Crippen LogP contribution >= 0.6 is 0 Å². The van der Waals surface area contributed by atoms with Gasteiger partial charge in [0.1, 0.15) is 24.9 Å². The van der Waals surface area contributed by atoms with Crippen molar-refractivity contribution in [1.29, 1.82) is 0 Å². The number of nitrogens with one attached hydrogen (secondary N) is 1. The molecule has 0 saturated carbocycles. The number of aliphatic hydroxyl groups is 5. The number of carbonyl (C=O) groups excluding carboxylic acids is 1. The van der Waals surface area contributed by atoms with Gasteiger partial charge in [0.25, 0.3) is 5.79 Å². The Labute approximate surface area is 146 Å². The fourth-order valence-corrected chi connectivity index (χ4v) is 2.86. The number of amides is 1. The van der Waals surface area contributed by atoms with Crippen LogP contribution in [-0.4, -0.2) is 105 Å². The second-order valence-electron chi connectivity index (χ2n) is 5.43. The van der Waals surface area contributed by atoms with Gasteiger partial charge in [0.05, 0.1) is 18.8 Å². The largest absolute Gasteiger partial charge is 0.477 e. The minimum absolute atomic E-state index is 0.953. The Hall–Kier alpha value is -1.43. The lowest BCUT2D eigenvalue weighted by Crippen LogP contribution is -2.67. The van der Waals surface area contributed by atoms with Gasteiger partial charge in [-0.3, -0.25) is 9.35 Å². The molecule has 6 unspecified atom stereocenters. The summed E-state index contributed by atoms with van der Waals surface area (Å²) >= 11 is 0. The number of carboxylic acid groups (broad SMARTS) is 1. The highest BCUT2D eigenvalue weighted by Gasteiger charge is 2.54. The van der Waals surface area contributed by atoms with E-state index in [4.69, 9.17) is 24.6 Å². The van der Waals surface area contributed by atoms with Crippen molar-refractivity contribution < 1.29 is 62.1 Å². The SMILES string of the molecule is O=C(CO)NC1C(O)CC(O)(C(=O)O)OC1C(O)C(CO)OS(=O)(=O)O. The minimum Gasteiger partial charge on any atom is -0.477 e. The standard InChI is InChI=1S/C11H19NO13S/c13-2-5(25-26(21,22)23)8(17)9-7(12-6(16)3-14)4(15)1-11(20,24-9)10(18)19/h4-5,7-9,13-15,17,20H,1-3H2,(H,12,16)(H,18,19)(H,21,22,23). The number of rotatable bonds is 8. The summed E-state index contributed by atoms with van der Waals surface area (Å²) in [7, 11) is -5.17. The first-order valence-electron chi connectivity index (χ1n) is 7.01. The topological polar surface area (TPSA) is 240 Å². The van der Waals surface area contributed by atoms with Crippen molar-refractivity contribution >= 4 is 22.3 Å². The molecule has 14 nitrogen and oxygen atoms in total. The highest BCUT2D eigenvalue weighted by atomic mass is 32.3. The highest BCUT2D eigenvalue weighted by Crippen LogP contribution is 2.31. The summed E-state index contributed by atoms with van der Waals surface area (Å²) in [5.74, 6) is -6.06. The van der Waals surface area contributed by atoms with Crippen LogP contribution in [0.15, 0.2) is 0 Å². The summed E-state index contributed by atoms with van der Waals surface area (Å²) in [4.78, 5) is 22.5. The molecule has 0 radical (unpaired) electrons. The van der Waals surface area contributed by atoms with Gasteiger partial charge in [-0.1, -0.05) is 0 Å². The molecule has 1 heterocycles. The Balaban J connectivity index is 3.21. The van der Waals surface area contributed by atoms with Gasteiger partial charge >= 0.3 is 16.4 Å². The van der Waals surface area contributed by atoms with Crippen LogP contribution in [0.3, 0.4) is 0 Å². The first-order chi connectivity index (χ1) is 11.8. The molecule has 1 rings (SSSR count). The van der Waals surface area contributed by atoms with E-state index in [9.17, 15) is 33.3 Å². The molecule has 1 aliphatic rings. The average Bonchev–Trinajstić information content (AvgIpc) is 2.53. The van der Waals surface area contributed by atoms with Crippen LogP contribution in [0, 0.1) is 0 Å². The zero-order valence-electron chi connectivity index (χ0n) is 13.0. The molecule has 26 heavy (non-hydrogen) atoms. The number of carboxylic acids is 1. The van der Waals surface area contributed by atoms with Gasteiger partial charge in [0.15, 0.2) is 0 Å². The fourth-order valence-electron chi connectivity index (χ4n) is 2.37. The average molecular weight is 405 g/mol. The number of aliphatic carboxylic acids is 1. The zero-order chi connectivity index (χ0) is 20.3. The van der Waals surface area contributed by atoms with E-state index < -0.39 is 78.2 Å². The van der Waals surface area contributed by atoms with E-state index >= 15 is 0 Å². The second-order valence-corrected chi connectivity index (χ2v) is 6.48. The van der Waals surface area contributed by atoms with E-state index in [1.54, 1.807) is 0 Å². The molecule has 152 valence electrons. The van der Waals surface area contributed by atoms with Crippen LogP contribution in [0.2, 0.25) is 0 Å². The molecule has 1 amide bonds. The van der Waals surface area contributed by atoms with Crippen LogP contribution in [0.1, 0.15) is 6.42 Å². The summed E-state index contributed by atoms with van der Waals surface area (Å²) in [6.07, 6.45) is -9.16. The lowest BCUT2D eigenvalue weighted by molar-refractivity contribution is -0.294. The molecule has 0 aliphatic carbocycles. The maximum absolute atomic E-state index is 11.4. The number of carbonyl (C=O) groups is 2. The van der Waals surface area contributed by atoms with Crippen molar-refractivity contribution in [3.05, 3.63) is 0 Å². The van der Waals surface area contributed by atoms with Gasteiger partial charge in [0.2, 0.25) is 5.91 Å². The molecule has 0 spiro atoms. The van der Waals surface area contributed by atoms with E-state index in [0.717, 1.165) is 0 Å². The Morgan fingerprint density at radius 2 is 1.92 bits per heavy atom. The van der Waals surface area contributed by atoms with Crippen LogP contribution in [0.25, 0.3) is 0 Å². The molecule has 0 aromatic heterocycles. The third kappa shape index (κ3) is 5.53. The number of aliphatic hydroxyl groups excluding tert-OH is 4. The molecule has 0 bridgehead atoms. The lowest BCUT2D eigenvalue weighted by Gasteiger charge is -2.44. The monoisotopic (exact) mass is 405 g/mol. The van der Waals surface area contributed by atoms with E-state index in [1.165, 1.54) is 0 Å². The van der Waals surface area contributed by atoms with Crippen molar-refractivity contribution in [2.45, 2.75) is 42.7 Å². The lowest BCUT2D eigenvalue weighted by atomic mass is 9.88. The van der Waals surface area contributed by atoms with Crippen molar-refractivity contribution in [1.82, 2.24) is 5.32 Å². The molecule has 8 N–H and O–H groups in total. The molecular weight excluding hydrogens is 386 g/mol. The van der Waals surface area contributed by atoms with Crippen molar-refractivity contribution in [2.24, 2.45) is 0 Å². The normalized spacial score (nSPS) is 31.8. The van der Waals surface area contributed by atoms with Crippen LogP contribution in [0.5, 0.6) is 0 Å². The quantitative estimate of drug-likeness (QED) is 0.176. The predicted octanol–water partition coefficient (Wildman–Crippen LogP) is -5.07. The molecule has 1 aliphatic heterocycles. The summed E-state index contributed by atoms with van der Waals surface area (Å²) in [5.41, 5.74) is 0. The molecule has 0 aromatic carbocycles. The fraction of sp³-hybridized carbons (Fsp3) is 0.818. The van der Waals surface area contributed by atoms with Crippen molar-refractivity contribution in [3.8, 4) is 0 Å². The van der Waals surface area contributed by atoms with Crippen LogP contribution in [0.4, 0.5) is 0 Å². The van der Waals surface area contributed by atoms with Gasteiger partial charge in [0, 0.05) is 6.42 Å². The second kappa shape index (κ2) is 8.51. The maximum atomic E-state index is 11.4. The molecule has 15 heteroatoms. The Morgan fingerprint density at radius 1 is 1.35 bits per heavy atom. The first-order valence-corrected chi connectivity index (χ1v) is 8.37. The van der Waals surface area contributed by atoms with Gasteiger partial charge in [-0.15, -0.1) is 0 Å². The highest BCUT2D eigenvalue weighted by molar-refractivity contribution is 7.80. The Bertz CT molecular complexity index is 624. The van der Waals surface area contributed by atoms with E-state index in [1.807, 2.05) is 5.32 Å². The minimum atomic E-state index is -5.17. The van der Waals surface area contributed by atoms with Gasteiger partial charge < -0.3 is 40.7 Å². The Morgan fingerprint density at radius 3 is 2.35 bits per heavy atom. The first kappa shape index (κ1) is 22.6. The predicted molar refractivity (Wildman–Crippen MR) is 76.6 cm³/mol. The van der Waals surface area contributed by atoms with E-state index in [-0.39, 0.29) is 0 Å². The summed E-state index contributed by atoms with van der Waals surface area (Å²) in [6.45, 7) is -2.27. The van der Waals surface area contributed by atoms with Crippen LogP contribution < -0.4 is 5.32 Å². The van der Waals surface area contributed by atoms with Gasteiger partial charge in [-0.05, 0) is 0 Å². The maximum Gasteiger partial charge on any atom is 0.397 e. The number of hydrogen-bond donors (Lipinski definition) is 8. The molecule has 1 saturated heterocycles. The molecule has 6 atom stereocenters.